The van der Waals surface area contributed by atoms with Crippen molar-refractivity contribution in [1.29, 1.82) is 0 Å². The minimum absolute atomic E-state index is 0.164. The summed E-state index contributed by atoms with van der Waals surface area (Å²) >= 11 is 0. The smallest absolute Gasteiger partial charge is 0.234 e. The molecule has 1 saturated carbocycles. The van der Waals surface area contributed by atoms with Gasteiger partial charge in [-0.25, -0.2) is 0 Å². The van der Waals surface area contributed by atoms with Gasteiger partial charge in [0.25, 0.3) is 0 Å². The third kappa shape index (κ3) is 4.41. The fraction of sp³-hybridized carbons (Fsp3) is 0.632. The summed E-state index contributed by atoms with van der Waals surface area (Å²) in [6, 6.07) is 8.53. The van der Waals surface area contributed by atoms with Crippen molar-refractivity contribution in [1.82, 2.24) is 10.2 Å². The molecule has 2 aliphatic rings. The Balaban J connectivity index is 1.48. The molecule has 132 valence electrons. The molecule has 1 aliphatic carbocycles. The van der Waals surface area contributed by atoms with Crippen molar-refractivity contribution in [2.45, 2.75) is 32.7 Å². The molecule has 0 unspecified atom stereocenters. The third-order valence-electron chi connectivity index (χ3n) is 4.96. The highest BCUT2D eigenvalue weighted by atomic mass is 16.5. The van der Waals surface area contributed by atoms with Crippen LogP contribution in [0.2, 0.25) is 0 Å². The average Bonchev–Trinajstić information content (AvgIpc) is 3.41. The van der Waals surface area contributed by atoms with Gasteiger partial charge < -0.3 is 15.0 Å². The number of rotatable bonds is 7. The van der Waals surface area contributed by atoms with Crippen LogP contribution in [0.3, 0.4) is 0 Å². The molecule has 0 spiro atoms. The normalized spacial score (nSPS) is 19.8. The first-order valence-electron chi connectivity index (χ1n) is 9.16. The van der Waals surface area contributed by atoms with Crippen molar-refractivity contribution in [3.63, 3.8) is 0 Å². The first-order valence-corrected chi connectivity index (χ1v) is 9.16. The maximum Gasteiger partial charge on any atom is 0.234 e. The van der Waals surface area contributed by atoms with E-state index in [0.717, 1.165) is 37.6 Å². The number of carbonyl (C=O) groups is 1. The Hall–Kier alpha value is -1.75. The van der Waals surface area contributed by atoms with Crippen LogP contribution in [0.4, 0.5) is 5.69 Å². The lowest BCUT2D eigenvalue weighted by molar-refractivity contribution is -0.123. The van der Waals surface area contributed by atoms with Crippen LogP contribution in [-0.4, -0.2) is 56.2 Å². The Morgan fingerprint density at radius 3 is 2.62 bits per heavy atom. The van der Waals surface area contributed by atoms with Crippen LogP contribution in [0, 0.1) is 5.92 Å². The van der Waals surface area contributed by atoms with E-state index in [1.54, 1.807) is 0 Å². The summed E-state index contributed by atoms with van der Waals surface area (Å²) in [5, 5.41) is 3.14. The molecule has 0 radical (unpaired) electrons. The number of benzene rings is 1. The van der Waals surface area contributed by atoms with E-state index >= 15 is 0 Å². The lowest BCUT2D eigenvalue weighted by Crippen LogP contribution is -2.50. The quantitative estimate of drug-likeness (QED) is 0.831. The monoisotopic (exact) mass is 331 g/mol. The zero-order valence-electron chi connectivity index (χ0n) is 14.8. The number of ether oxygens (including phenoxy) is 1. The standard InChI is InChI=1S/C19H29N3O2/c1-3-24-18-7-5-4-6-17(18)22-12-10-21(11-13-22)14-19(23)20-15(2)16-8-9-16/h4-7,15-16H,3,8-14H2,1-2H3,(H,20,23)/t15-/m1/s1. The molecule has 2 fully saturated rings. The molecule has 1 aromatic carbocycles. The summed E-state index contributed by atoms with van der Waals surface area (Å²) in [6.07, 6.45) is 2.53. The molecule has 5 nitrogen and oxygen atoms in total. The second-order valence-corrected chi connectivity index (χ2v) is 6.86. The first kappa shape index (κ1) is 17.1. The number of amides is 1. The predicted molar refractivity (Wildman–Crippen MR) is 96.6 cm³/mol. The third-order valence-corrected chi connectivity index (χ3v) is 4.96. The summed E-state index contributed by atoms with van der Waals surface area (Å²) in [4.78, 5) is 16.8. The summed E-state index contributed by atoms with van der Waals surface area (Å²) in [6.45, 7) is 8.99. The zero-order chi connectivity index (χ0) is 16.9. The van der Waals surface area contributed by atoms with Crippen molar-refractivity contribution >= 4 is 11.6 Å². The molecule has 0 aromatic heterocycles. The molecule has 1 amide bonds. The van der Waals surface area contributed by atoms with Crippen molar-refractivity contribution in [3.05, 3.63) is 24.3 Å². The minimum Gasteiger partial charge on any atom is -0.492 e. The first-order chi connectivity index (χ1) is 11.7. The van der Waals surface area contributed by atoms with E-state index in [4.69, 9.17) is 4.74 Å². The predicted octanol–water partition coefficient (Wildman–Crippen LogP) is 2.12. The molecule has 1 saturated heterocycles. The molecular formula is C19H29N3O2. The van der Waals surface area contributed by atoms with Crippen molar-refractivity contribution in [2.24, 2.45) is 5.92 Å². The molecule has 1 N–H and O–H groups in total. The summed E-state index contributed by atoms with van der Waals surface area (Å²) < 4.78 is 5.73. The van der Waals surface area contributed by atoms with Crippen LogP contribution in [-0.2, 0) is 4.79 Å². The number of para-hydroxylation sites is 2. The molecule has 0 bridgehead atoms. The maximum absolute atomic E-state index is 12.2. The van der Waals surface area contributed by atoms with Gasteiger partial charge in [-0.05, 0) is 44.7 Å². The Kier molecular flexibility index (Phi) is 5.61. The lowest BCUT2D eigenvalue weighted by Gasteiger charge is -2.36. The Bertz CT molecular complexity index is 551. The molecule has 24 heavy (non-hydrogen) atoms. The molecule has 1 aromatic rings. The van der Waals surface area contributed by atoms with Crippen LogP contribution >= 0.6 is 0 Å². The van der Waals surface area contributed by atoms with E-state index in [-0.39, 0.29) is 5.91 Å². The second kappa shape index (κ2) is 7.88. The van der Waals surface area contributed by atoms with Gasteiger partial charge in [0.2, 0.25) is 5.91 Å². The average molecular weight is 331 g/mol. The highest BCUT2D eigenvalue weighted by molar-refractivity contribution is 5.78. The number of piperazine rings is 1. The second-order valence-electron chi connectivity index (χ2n) is 6.86. The van der Waals surface area contributed by atoms with Crippen LogP contribution in [0.25, 0.3) is 0 Å². The van der Waals surface area contributed by atoms with Crippen LogP contribution in [0.1, 0.15) is 26.7 Å². The summed E-state index contributed by atoms with van der Waals surface area (Å²) in [5.74, 6) is 1.82. The summed E-state index contributed by atoms with van der Waals surface area (Å²) in [5.41, 5.74) is 1.16. The molecule has 1 aliphatic heterocycles. The molecule has 1 atom stereocenters. The van der Waals surface area contributed by atoms with Crippen LogP contribution in [0.15, 0.2) is 24.3 Å². The number of carbonyl (C=O) groups excluding carboxylic acids is 1. The topological polar surface area (TPSA) is 44.8 Å². The molecule has 3 rings (SSSR count). The van der Waals surface area contributed by atoms with E-state index in [1.165, 1.54) is 12.8 Å². The number of hydrogen-bond donors (Lipinski definition) is 1. The van der Waals surface area contributed by atoms with Gasteiger partial charge in [-0.3, -0.25) is 9.69 Å². The van der Waals surface area contributed by atoms with E-state index in [9.17, 15) is 4.79 Å². The van der Waals surface area contributed by atoms with Crippen molar-refractivity contribution in [2.75, 3.05) is 44.2 Å². The van der Waals surface area contributed by atoms with Gasteiger partial charge in [0.05, 0.1) is 18.8 Å². The minimum atomic E-state index is 0.164. The van der Waals surface area contributed by atoms with Gasteiger partial charge in [-0.1, -0.05) is 12.1 Å². The molecule has 5 heteroatoms. The Morgan fingerprint density at radius 1 is 1.25 bits per heavy atom. The van der Waals surface area contributed by atoms with Crippen molar-refractivity contribution < 1.29 is 9.53 Å². The van der Waals surface area contributed by atoms with Crippen molar-refractivity contribution in [3.8, 4) is 5.75 Å². The van der Waals surface area contributed by atoms with E-state index in [2.05, 4.69) is 34.2 Å². The van der Waals surface area contributed by atoms with Gasteiger partial charge in [0, 0.05) is 32.2 Å². The lowest BCUT2D eigenvalue weighted by atomic mass is 10.2. The number of nitrogens with one attached hydrogen (secondary N) is 1. The SMILES string of the molecule is CCOc1ccccc1N1CCN(CC(=O)N[C@H](C)C2CC2)CC1. The fourth-order valence-electron chi connectivity index (χ4n) is 3.36. The largest absolute Gasteiger partial charge is 0.492 e. The highest BCUT2D eigenvalue weighted by Gasteiger charge is 2.29. The van der Waals surface area contributed by atoms with Gasteiger partial charge in [0.15, 0.2) is 0 Å². The van der Waals surface area contributed by atoms with Gasteiger partial charge in [0.1, 0.15) is 5.75 Å². The van der Waals surface area contributed by atoms with Crippen LogP contribution < -0.4 is 15.0 Å². The van der Waals surface area contributed by atoms with E-state index in [1.807, 2.05) is 19.1 Å². The zero-order valence-corrected chi connectivity index (χ0v) is 14.8. The number of hydrogen-bond acceptors (Lipinski definition) is 4. The highest BCUT2D eigenvalue weighted by Crippen LogP contribution is 2.32. The van der Waals surface area contributed by atoms with E-state index < -0.39 is 0 Å². The van der Waals surface area contributed by atoms with Gasteiger partial charge >= 0.3 is 0 Å². The summed E-state index contributed by atoms with van der Waals surface area (Å²) in [7, 11) is 0. The Morgan fingerprint density at radius 2 is 1.96 bits per heavy atom. The van der Waals surface area contributed by atoms with E-state index in [0.29, 0.717) is 25.1 Å². The number of nitrogens with zero attached hydrogens (tertiary/aromatic N) is 2. The molecule has 1 heterocycles. The Labute approximate surface area is 145 Å². The van der Waals surface area contributed by atoms with Crippen LogP contribution in [0.5, 0.6) is 5.75 Å². The van der Waals surface area contributed by atoms with Gasteiger partial charge in [-0.15, -0.1) is 0 Å². The fourth-order valence-corrected chi connectivity index (χ4v) is 3.36. The molecular weight excluding hydrogens is 302 g/mol. The number of anilines is 1. The maximum atomic E-state index is 12.2. The van der Waals surface area contributed by atoms with Gasteiger partial charge in [-0.2, -0.15) is 0 Å².